The topological polar surface area (TPSA) is 129 Å². The molecule has 0 saturated carbocycles. The Morgan fingerprint density at radius 2 is 2.10 bits per heavy atom. The maximum atomic E-state index is 12.6. The number of carbonyl (C=O) groups excluding carboxylic acids is 1. The molecule has 160 valence electrons. The Kier molecular flexibility index (Phi) is 5.36. The van der Waals surface area contributed by atoms with Gasteiger partial charge in [-0.3, -0.25) is 4.79 Å². The molecule has 2 saturated heterocycles. The highest BCUT2D eigenvalue weighted by Crippen LogP contribution is 2.39. The molecule has 2 atom stereocenters. The molecule has 1 amide bonds. The molecule has 2 fully saturated rings. The summed E-state index contributed by atoms with van der Waals surface area (Å²) in [5.41, 5.74) is 0.348. The molecule has 3 aliphatic rings. The number of nitrogens with zero attached hydrogens (tertiary/aromatic N) is 1. The number of aryl methyl sites for hydroxylation is 1. The molecule has 30 heavy (non-hydrogen) atoms. The maximum absolute atomic E-state index is 12.6. The van der Waals surface area contributed by atoms with E-state index in [0.29, 0.717) is 31.5 Å². The van der Waals surface area contributed by atoms with E-state index in [-0.39, 0.29) is 47.5 Å². The SMILES string of the molecule is C#CC[C@H]1CC[C@@H](C(=O)N2CC(Oc3ccc4c(c3C(=O)O)O[B-](O)(O)CC4)C2)N1. The van der Waals surface area contributed by atoms with Gasteiger partial charge in [0.2, 0.25) is 5.91 Å². The summed E-state index contributed by atoms with van der Waals surface area (Å²) >= 11 is 0. The summed E-state index contributed by atoms with van der Waals surface area (Å²) in [6.45, 7) is -2.39. The first-order valence-electron chi connectivity index (χ1n) is 10.1. The van der Waals surface area contributed by atoms with Crippen molar-refractivity contribution in [2.75, 3.05) is 13.1 Å². The van der Waals surface area contributed by atoms with Gasteiger partial charge in [-0.25, -0.2) is 4.79 Å². The molecule has 4 N–H and O–H groups in total. The summed E-state index contributed by atoms with van der Waals surface area (Å²) in [4.78, 5) is 26.1. The number of aromatic carboxylic acids is 1. The number of terminal acetylenes is 1. The molecule has 1 aromatic rings. The minimum absolute atomic E-state index is 0.00333. The van der Waals surface area contributed by atoms with E-state index in [1.807, 2.05) is 0 Å². The summed E-state index contributed by atoms with van der Waals surface area (Å²) in [5.74, 6) is 1.33. The van der Waals surface area contributed by atoms with E-state index in [4.69, 9.17) is 15.8 Å². The van der Waals surface area contributed by atoms with Crippen molar-refractivity contribution in [2.24, 2.45) is 0 Å². The first kappa shape index (κ1) is 20.5. The zero-order chi connectivity index (χ0) is 21.5. The van der Waals surface area contributed by atoms with Crippen LogP contribution in [0.3, 0.4) is 0 Å². The van der Waals surface area contributed by atoms with Gasteiger partial charge < -0.3 is 34.8 Å². The van der Waals surface area contributed by atoms with Gasteiger partial charge in [0.25, 0.3) is 0 Å². The van der Waals surface area contributed by atoms with E-state index in [1.54, 1.807) is 17.0 Å². The Morgan fingerprint density at radius 3 is 2.80 bits per heavy atom. The van der Waals surface area contributed by atoms with Crippen molar-refractivity contribution >= 4 is 18.6 Å². The second-order valence-electron chi connectivity index (χ2n) is 8.13. The number of nitrogens with one attached hydrogen (secondary N) is 1. The van der Waals surface area contributed by atoms with E-state index in [1.165, 1.54) is 0 Å². The average molecular weight is 415 g/mol. The van der Waals surface area contributed by atoms with Gasteiger partial charge in [-0.05, 0) is 30.9 Å². The molecular formula is C20H24BN2O7-. The fourth-order valence-corrected chi connectivity index (χ4v) is 4.24. The third-order valence-corrected chi connectivity index (χ3v) is 5.87. The van der Waals surface area contributed by atoms with Crippen LogP contribution in [0.4, 0.5) is 0 Å². The predicted molar refractivity (Wildman–Crippen MR) is 107 cm³/mol. The number of carboxylic acid groups (broad SMARTS) is 1. The lowest BCUT2D eigenvalue weighted by Crippen LogP contribution is -2.60. The van der Waals surface area contributed by atoms with Gasteiger partial charge in [-0.1, -0.05) is 12.4 Å². The molecule has 0 spiro atoms. The second-order valence-corrected chi connectivity index (χ2v) is 8.13. The van der Waals surface area contributed by atoms with Crippen molar-refractivity contribution in [1.82, 2.24) is 10.2 Å². The monoisotopic (exact) mass is 415 g/mol. The summed E-state index contributed by atoms with van der Waals surface area (Å²) in [5, 5.41) is 32.5. The van der Waals surface area contributed by atoms with Crippen LogP contribution in [0.5, 0.6) is 11.5 Å². The zero-order valence-corrected chi connectivity index (χ0v) is 16.4. The molecule has 3 heterocycles. The van der Waals surface area contributed by atoms with Crippen LogP contribution in [-0.4, -0.2) is 70.0 Å². The van der Waals surface area contributed by atoms with E-state index >= 15 is 0 Å². The number of likely N-dealkylation sites (tertiary alicyclic amines) is 1. The smallest absolute Gasteiger partial charge is 0.430 e. The van der Waals surface area contributed by atoms with E-state index in [9.17, 15) is 24.7 Å². The normalized spacial score (nSPS) is 24.9. The molecular weight excluding hydrogens is 391 g/mol. The van der Waals surface area contributed by atoms with Crippen molar-refractivity contribution in [3.8, 4) is 23.8 Å². The maximum Gasteiger partial charge on any atom is 0.430 e. The van der Waals surface area contributed by atoms with Crippen LogP contribution < -0.4 is 14.7 Å². The fourth-order valence-electron chi connectivity index (χ4n) is 4.24. The Labute approximate surface area is 174 Å². The van der Waals surface area contributed by atoms with Crippen LogP contribution in [0.15, 0.2) is 12.1 Å². The highest BCUT2D eigenvalue weighted by atomic mass is 16.6. The molecule has 9 nitrogen and oxygen atoms in total. The van der Waals surface area contributed by atoms with Gasteiger partial charge >= 0.3 is 12.7 Å². The number of ether oxygens (including phenoxy) is 1. The second kappa shape index (κ2) is 7.83. The first-order chi connectivity index (χ1) is 14.3. The Balaban J connectivity index is 1.40. The standard InChI is InChI=1S/C20H24BN2O7/c1-2-3-13-5-6-15(22-13)19(24)23-10-14(11-23)29-16-7-4-12-8-9-21(27,28)30-18(12)17(16)20(25)26/h1,4,7,13-15,22,27-28H,3,5-6,8-11H2,(H,25,26)/q-1/t13-,15-/m0/s1. The number of fused-ring (bicyclic) bond motifs is 1. The van der Waals surface area contributed by atoms with Crippen molar-refractivity contribution in [2.45, 2.75) is 50.2 Å². The predicted octanol–water partition coefficient (Wildman–Crippen LogP) is -0.0233. The van der Waals surface area contributed by atoms with Crippen LogP contribution in [-0.2, 0) is 11.2 Å². The number of carbonyl (C=O) groups is 2. The number of carboxylic acids is 1. The van der Waals surface area contributed by atoms with E-state index in [2.05, 4.69) is 11.2 Å². The lowest BCUT2D eigenvalue weighted by atomic mass is 9.70. The Bertz CT molecular complexity index is 907. The quantitative estimate of drug-likeness (QED) is 0.390. The number of hydrogen-bond acceptors (Lipinski definition) is 7. The van der Waals surface area contributed by atoms with Gasteiger partial charge in [0.05, 0.1) is 24.9 Å². The minimum atomic E-state index is -3.09. The van der Waals surface area contributed by atoms with Crippen LogP contribution in [0.25, 0.3) is 0 Å². The largest absolute Gasteiger partial charge is 0.669 e. The highest BCUT2D eigenvalue weighted by molar-refractivity contribution is 6.59. The lowest BCUT2D eigenvalue weighted by molar-refractivity contribution is -0.142. The average Bonchev–Trinajstić information content (AvgIpc) is 3.11. The van der Waals surface area contributed by atoms with Gasteiger partial charge in [0, 0.05) is 12.5 Å². The van der Waals surface area contributed by atoms with Gasteiger partial charge in [-0.2, -0.15) is 0 Å². The molecule has 0 radical (unpaired) electrons. The number of benzene rings is 1. The summed E-state index contributed by atoms with van der Waals surface area (Å²) < 4.78 is 11.0. The summed E-state index contributed by atoms with van der Waals surface area (Å²) in [6.07, 6.45) is 7.48. The van der Waals surface area contributed by atoms with Crippen molar-refractivity contribution < 1.29 is 34.1 Å². The molecule has 1 aromatic carbocycles. The summed E-state index contributed by atoms with van der Waals surface area (Å²) in [6, 6.07) is 3.13. The molecule has 10 heteroatoms. The first-order valence-corrected chi connectivity index (χ1v) is 10.1. The minimum Gasteiger partial charge on any atom is -0.669 e. The van der Waals surface area contributed by atoms with Crippen LogP contribution >= 0.6 is 0 Å². The van der Waals surface area contributed by atoms with Crippen LogP contribution in [0, 0.1) is 12.3 Å². The van der Waals surface area contributed by atoms with Crippen LogP contribution in [0.1, 0.15) is 35.2 Å². The Morgan fingerprint density at radius 1 is 1.33 bits per heavy atom. The van der Waals surface area contributed by atoms with Gasteiger partial charge in [-0.15, -0.1) is 12.3 Å². The number of rotatable bonds is 5. The van der Waals surface area contributed by atoms with Crippen LogP contribution in [0.2, 0.25) is 6.32 Å². The summed E-state index contributed by atoms with van der Waals surface area (Å²) in [7, 11) is 0. The lowest BCUT2D eigenvalue weighted by Gasteiger charge is -2.41. The van der Waals surface area contributed by atoms with Crippen molar-refractivity contribution in [3.63, 3.8) is 0 Å². The third-order valence-electron chi connectivity index (χ3n) is 5.87. The van der Waals surface area contributed by atoms with Gasteiger partial charge in [0.15, 0.2) is 0 Å². The van der Waals surface area contributed by atoms with E-state index in [0.717, 1.165) is 12.8 Å². The molecule has 0 aliphatic carbocycles. The molecule has 0 unspecified atom stereocenters. The molecule has 3 aliphatic heterocycles. The highest BCUT2D eigenvalue weighted by Gasteiger charge is 2.39. The molecule has 0 aromatic heterocycles. The zero-order valence-electron chi connectivity index (χ0n) is 16.4. The van der Waals surface area contributed by atoms with Gasteiger partial charge in [0.1, 0.15) is 17.4 Å². The van der Waals surface area contributed by atoms with Crippen molar-refractivity contribution in [3.05, 3.63) is 23.3 Å². The number of hydrogen-bond donors (Lipinski definition) is 4. The molecule has 4 rings (SSSR count). The molecule has 0 bridgehead atoms. The number of amides is 1. The Hall–Kier alpha value is -2.74. The fraction of sp³-hybridized carbons (Fsp3) is 0.500. The van der Waals surface area contributed by atoms with E-state index < -0.39 is 12.7 Å². The van der Waals surface area contributed by atoms with Crippen molar-refractivity contribution in [1.29, 1.82) is 0 Å². The third kappa shape index (κ3) is 3.96.